The lowest BCUT2D eigenvalue weighted by Crippen LogP contribution is -2.33. The largest absolute Gasteiger partial charge is 0.339 e. The zero-order valence-corrected chi connectivity index (χ0v) is 19.7. The summed E-state index contributed by atoms with van der Waals surface area (Å²) in [5.74, 6) is -0.841. The summed E-state index contributed by atoms with van der Waals surface area (Å²) in [5.41, 5.74) is 2.97. The Balaban J connectivity index is 1.81. The second kappa shape index (κ2) is 10.3. The Morgan fingerprint density at radius 2 is 1.36 bits per heavy atom. The molecule has 0 heterocycles. The molecule has 0 saturated heterocycles. The number of anilines is 2. The highest BCUT2D eigenvalue weighted by atomic mass is 35.5. The molecule has 0 unspecified atom stereocenters. The first-order valence-corrected chi connectivity index (χ1v) is 10.9. The molecule has 0 bridgehead atoms. The zero-order chi connectivity index (χ0) is 24.1. The van der Waals surface area contributed by atoms with Gasteiger partial charge in [-0.2, -0.15) is 0 Å². The molecule has 170 valence electrons. The lowest BCUT2D eigenvalue weighted by Gasteiger charge is -2.22. The van der Waals surface area contributed by atoms with Gasteiger partial charge in [-0.25, -0.2) is 0 Å². The van der Waals surface area contributed by atoms with Crippen molar-refractivity contribution in [3.8, 4) is 0 Å². The van der Waals surface area contributed by atoms with Crippen molar-refractivity contribution < 1.29 is 14.4 Å². The van der Waals surface area contributed by atoms with Crippen LogP contribution in [0.3, 0.4) is 0 Å². The Morgan fingerprint density at radius 3 is 2.03 bits per heavy atom. The molecule has 3 aromatic carbocycles. The second-order valence-electron chi connectivity index (χ2n) is 8.01. The van der Waals surface area contributed by atoms with Crippen molar-refractivity contribution in [2.75, 3.05) is 17.7 Å². The van der Waals surface area contributed by atoms with Crippen LogP contribution >= 0.6 is 11.6 Å². The predicted octanol–water partition coefficient (Wildman–Crippen LogP) is 5.63. The van der Waals surface area contributed by atoms with Gasteiger partial charge >= 0.3 is 0 Å². The summed E-state index contributed by atoms with van der Waals surface area (Å²) in [6.07, 6.45) is 0. The third-order valence-electron chi connectivity index (χ3n) is 5.34. The van der Waals surface area contributed by atoms with E-state index in [-0.39, 0.29) is 17.9 Å². The topological polar surface area (TPSA) is 78.5 Å². The van der Waals surface area contributed by atoms with Crippen LogP contribution < -0.4 is 10.6 Å². The average Bonchev–Trinajstić information content (AvgIpc) is 2.81. The molecule has 0 fully saturated rings. The Labute approximate surface area is 198 Å². The molecular formula is C26H26ClN3O3. The zero-order valence-electron chi connectivity index (χ0n) is 19.0. The maximum atomic E-state index is 12.9. The van der Waals surface area contributed by atoms with Crippen LogP contribution in [0, 0.1) is 6.92 Å². The van der Waals surface area contributed by atoms with E-state index in [0.29, 0.717) is 33.1 Å². The molecule has 3 rings (SSSR count). The van der Waals surface area contributed by atoms with Crippen molar-refractivity contribution >= 4 is 40.7 Å². The van der Waals surface area contributed by atoms with E-state index in [1.807, 2.05) is 26.8 Å². The molecule has 3 aromatic rings. The molecule has 0 radical (unpaired) electrons. The molecule has 0 aliphatic rings. The van der Waals surface area contributed by atoms with Gasteiger partial charge in [0.15, 0.2) is 0 Å². The molecular weight excluding hydrogens is 438 g/mol. The first-order chi connectivity index (χ1) is 15.7. The van der Waals surface area contributed by atoms with Gasteiger partial charge in [0.2, 0.25) is 0 Å². The van der Waals surface area contributed by atoms with Gasteiger partial charge in [-0.15, -0.1) is 0 Å². The lowest BCUT2D eigenvalue weighted by molar-refractivity contribution is 0.0754. The van der Waals surface area contributed by atoms with Crippen LogP contribution in [0.25, 0.3) is 0 Å². The monoisotopic (exact) mass is 463 g/mol. The van der Waals surface area contributed by atoms with Crippen molar-refractivity contribution in [2.24, 2.45) is 0 Å². The summed E-state index contributed by atoms with van der Waals surface area (Å²) in [6.45, 7) is 5.68. The quantitative estimate of drug-likeness (QED) is 0.497. The van der Waals surface area contributed by atoms with Gasteiger partial charge in [0.05, 0.1) is 10.7 Å². The van der Waals surface area contributed by atoms with Crippen molar-refractivity contribution in [2.45, 2.75) is 26.8 Å². The number of carbonyl (C=O) groups excluding carboxylic acids is 3. The van der Waals surface area contributed by atoms with E-state index in [1.165, 1.54) is 0 Å². The number of nitrogens with zero attached hydrogens (tertiary/aromatic N) is 1. The van der Waals surface area contributed by atoms with E-state index < -0.39 is 5.91 Å². The highest BCUT2D eigenvalue weighted by molar-refractivity contribution is 6.34. The third-order valence-corrected chi connectivity index (χ3v) is 5.67. The van der Waals surface area contributed by atoms with E-state index in [2.05, 4.69) is 10.6 Å². The summed E-state index contributed by atoms with van der Waals surface area (Å²) >= 11 is 6.27. The molecule has 0 saturated carbocycles. The van der Waals surface area contributed by atoms with Gasteiger partial charge in [0, 0.05) is 35.5 Å². The smallest absolute Gasteiger partial charge is 0.255 e. The fourth-order valence-corrected chi connectivity index (χ4v) is 3.23. The standard InChI is InChI=1S/C26H26ClN3O3/c1-16(2)30(4)26(33)20-12-13-21(27)23(15-20)29-25(32)19-11-10-17(3)22(14-19)28-24(31)18-8-6-5-7-9-18/h5-16H,1-4H3,(H,28,31)(H,29,32). The van der Waals surface area contributed by atoms with Gasteiger partial charge in [-0.1, -0.05) is 35.9 Å². The predicted molar refractivity (Wildman–Crippen MR) is 132 cm³/mol. The molecule has 2 N–H and O–H groups in total. The first kappa shape index (κ1) is 24.0. The Bertz CT molecular complexity index is 1190. The minimum Gasteiger partial charge on any atom is -0.339 e. The van der Waals surface area contributed by atoms with E-state index in [0.717, 1.165) is 5.56 Å². The van der Waals surface area contributed by atoms with Crippen LogP contribution in [-0.4, -0.2) is 35.7 Å². The minimum absolute atomic E-state index is 0.0308. The third kappa shape index (κ3) is 5.79. The fraction of sp³-hybridized carbons (Fsp3) is 0.192. The van der Waals surface area contributed by atoms with E-state index in [9.17, 15) is 14.4 Å². The SMILES string of the molecule is Cc1ccc(C(=O)Nc2cc(C(=O)N(C)C(C)C)ccc2Cl)cc1NC(=O)c1ccccc1. The molecule has 0 atom stereocenters. The summed E-state index contributed by atoms with van der Waals surface area (Å²) in [5, 5.41) is 5.93. The summed E-state index contributed by atoms with van der Waals surface area (Å²) in [7, 11) is 1.72. The number of aryl methyl sites for hydroxylation is 1. The van der Waals surface area contributed by atoms with Crippen molar-refractivity contribution in [1.82, 2.24) is 4.90 Å². The first-order valence-electron chi connectivity index (χ1n) is 10.5. The van der Waals surface area contributed by atoms with Gasteiger partial charge in [-0.05, 0) is 68.8 Å². The Morgan fingerprint density at radius 1 is 0.788 bits per heavy atom. The van der Waals surface area contributed by atoms with E-state index in [1.54, 1.807) is 72.6 Å². The summed E-state index contributed by atoms with van der Waals surface area (Å²) < 4.78 is 0. The molecule has 7 heteroatoms. The summed E-state index contributed by atoms with van der Waals surface area (Å²) in [4.78, 5) is 39.7. The molecule has 33 heavy (non-hydrogen) atoms. The summed E-state index contributed by atoms with van der Waals surface area (Å²) in [6, 6.07) is 18.7. The van der Waals surface area contributed by atoms with Crippen molar-refractivity contribution in [3.05, 3.63) is 94.0 Å². The van der Waals surface area contributed by atoms with Crippen LogP contribution in [0.2, 0.25) is 5.02 Å². The Kier molecular flexibility index (Phi) is 7.51. The van der Waals surface area contributed by atoms with E-state index in [4.69, 9.17) is 11.6 Å². The molecule has 0 aromatic heterocycles. The van der Waals surface area contributed by atoms with Crippen LogP contribution in [0.15, 0.2) is 66.7 Å². The number of hydrogen-bond acceptors (Lipinski definition) is 3. The molecule has 0 aliphatic heterocycles. The highest BCUT2D eigenvalue weighted by Crippen LogP contribution is 2.26. The van der Waals surface area contributed by atoms with Crippen LogP contribution in [0.1, 0.15) is 50.5 Å². The number of hydrogen-bond donors (Lipinski definition) is 2. The number of carbonyl (C=O) groups is 3. The molecule has 0 aliphatic carbocycles. The number of amides is 3. The lowest BCUT2D eigenvalue weighted by atomic mass is 10.1. The minimum atomic E-state index is -0.408. The normalized spacial score (nSPS) is 10.6. The Hall–Kier alpha value is -3.64. The van der Waals surface area contributed by atoms with Gasteiger partial charge < -0.3 is 15.5 Å². The molecule has 6 nitrogen and oxygen atoms in total. The van der Waals surface area contributed by atoms with Crippen LogP contribution in [-0.2, 0) is 0 Å². The molecule has 3 amide bonds. The van der Waals surface area contributed by atoms with Gasteiger partial charge in [0.1, 0.15) is 0 Å². The number of nitrogens with one attached hydrogen (secondary N) is 2. The van der Waals surface area contributed by atoms with Crippen LogP contribution in [0.4, 0.5) is 11.4 Å². The van der Waals surface area contributed by atoms with E-state index >= 15 is 0 Å². The molecule has 0 spiro atoms. The number of benzene rings is 3. The maximum absolute atomic E-state index is 12.9. The van der Waals surface area contributed by atoms with Crippen molar-refractivity contribution in [1.29, 1.82) is 0 Å². The fourth-order valence-electron chi connectivity index (χ4n) is 3.07. The second-order valence-corrected chi connectivity index (χ2v) is 8.42. The maximum Gasteiger partial charge on any atom is 0.255 e. The van der Waals surface area contributed by atoms with Crippen LogP contribution in [0.5, 0.6) is 0 Å². The number of halogens is 1. The van der Waals surface area contributed by atoms with Crippen molar-refractivity contribution in [3.63, 3.8) is 0 Å². The van der Waals surface area contributed by atoms with Gasteiger partial charge in [-0.3, -0.25) is 14.4 Å². The average molecular weight is 464 g/mol. The highest BCUT2D eigenvalue weighted by Gasteiger charge is 2.17. The van der Waals surface area contributed by atoms with Gasteiger partial charge in [0.25, 0.3) is 17.7 Å². The number of rotatable bonds is 6.